The molecule has 21 heavy (non-hydrogen) atoms. The first-order chi connectivity index (χ1) is 10.3. The van der Waals surface area contributed by atoms with Gasteiger partial charge >= 0.3 is 0 Å². The van der Waals surface area contributed by atoms with Crippen LogP contribution in [0.2, 0.25) is 5.15 Å². The molecule has 0 radical (unpaired) electrons. The maximum atomic E-state index is 6.29. The lowest BCUT2D eigenvalue weighted by atomic mass is 9.90. The number of nitrogens with zero attached hydrogens (tertiary/aromatic N) is 5. The number of halogens is 1. The highest BCUT2D eigenvalue weighted by Gasteiger charge is 2.36. The van der Waals surface area contributed by atoms with Crippen molar-refractivity contribution in [2.24, 2.45) is 0 Å². The van der Waals surface area contributed by atoms with Crippen LogP contribution in [-0.2, 0) is 4.74 Å². The Morgan fingerprint density at radius 1 is 1.33 bits per heavy atom. The molecule has 112 valence electrons. The van der Waals surface area contributed by atoms with Gasteiger partial charge in [-0.3, -0.25) is 0 Å². The standard InChI is InChI=1S/C14H18ClN5O/c1-9-12(15)18-14-16-8-17-20(14)13(9)19-6-7-21-11-5-3-2-4-10(11)19/h8,10-11H,2-7H2,1H3. The van der Waals surface area contributed by atoms with E-state index < -0.39 is 0 Å². The summed E-state index contributed by atoms with van der Waals surface area (Å²) in [4.78, 5) is 10.9. The Bertz CT molecular complexity index is 671. The van der Waals surface area contributed by atoms with Crippen molar-refractivity contribution in [1.82, 2.24) is 19.6 Å². The van der Waals surface area contributed by atoms with Gasteiger partial charge in [0.2, 0.25) is 0 Å². The molecule has 1 saturated carbocycles. The summed E-state index contributed by atoms with van der Waals surface area (Å²) in [5, 5.41) is 4.84. The maximum absolute atomic E-state index is 6.29. The van der Waals surface area contributed by atoms with Gasteiger partial charge in [-0.15, -0.1) is 0 Å². The summed E-state index contributed by atoms with van der Waals surface area (Å²) >= 11 is 6.29. The number of morpholine rings is 1. The Balaban J connectivity index is 1.84. The molecule has 4 rings (SSSR count). The van der Waals surface area contributed by atoms with E-state index in [9.17, 15) is 0 Å². The summed E-state index contributed by atoms with van der Waals surface area (Å²) in [5.41, 5.74) is 0.959. The van der Waals surface area contributed by atoms with Crippen LogP contribution < -0.4 is 4.90 Å². The van der Waals surface area contributed by atoms with Crippen molar-refractivity contribution in [3.05, 3.63) is 17.0 Å². The van der Waals surface area contributed by atoms with Gasteiger partial charge in [-0.2, -0.15) is 19.6 Å². The highest BCUT2D eigenvalue weighted by atomic mass is 35.5. The molecule has 2 atom stereocenters. The summed E-state index contributed by atoms with van der Waals surface area (Å²) < 4.78 is 7.77. The topological polar surface area (TPSA) is 55.5 Å². The van der Waals surface area contributed by atoms with Crippen LogP contribution in [0.15, 0.2) is 6.33 Å². The van der Waals surface area contributed by atoms with E-state index in [1.807, 2.05) is 6.92 Å². The van der Waals surface area contributed by atoms with Crippen molar-refractivity contribution in [2.45, 2.75) is 44.8 Å². The summed E-state index contributed by atoms with van der Waals surface area (Å²) in [6.45, 7) is 3.60. The molecule has 0 N–H and O–H groups in total. The van der Waals surface area contributed by atoms with Crippen LogP contribution in [0.4, 0.5) is 5.82 Å². The van der Waals surface area contributed by atoms with E-state index in [1.165, 1.54) is 19.2 Å². The first-order valence-corrected chi connectivity index (χ1v) is 7.87. The third-order valence-corrected chi connectivity index (χ3v) is 4.95. The summed E-state index contributed by atoms with van der Waals surface area (Å²) in [7, 11) is 0. The van der Waals surface area contributed by atoms with Crippen LogP contribution in [0.3, 0.4) is 0 Å². The normalized spacial score (nSPS) is 26.1. The minimum atomic E-state index is 0.317. The number of aromatic nitrogens is 4. The van der Waals surface area contributed by atoms with E-state index in [-0.39, 0.29) is 0 Å². The van der Waals surface area contributed by atoms with Gasteiger partial charge in [-0.25, -0.2) is 0 Å². The zero-order chi connectivity index (χ0) is 14.4. The predicted molar refractivity (Wildman–Crippen MR) is 79.9 cm³/mol. The Morgan fingerprint density at radius 3 is 3.10 bits per heavy atom. The van der Waals surface area contributed by atoms with E-state index in [1.54, 1.807) is 4.52 Å². The van der Waals surface area contributed by atoms with Gasteiger partial charge in [0.1, 0.15) is 17.3 Å². The van der Waals surface area contributed by atoms with Crippen LogP contribution in [0.5, 0.6) is 0 Å². The molecule has 2 aromatic rings. The number of hydrogen-bond donors (Lipinski definition) is 0. The average molecular weight is 308 g/mol. The number of anilines is 1. The molecule has 3 heterocycles. The van der Waals surface area contributed by atoms with Gasteiger partial charge in [0.25, 0.3) is 5.78 Å². The van der Waals surface area contributed by atoms with Crippen molar-refractivity contribution in [3.8, 4) is 0 Å². The zero-order valence-electron chi connectivity index (χ0n) is 12.0. The molecule has 7 heteroatoms. The van der Waals surface area contributed by atoms with E-state index >= 15 is 0 Å². The predicted octanol–water partition coefficient (Wildman–Crippen LogP) is 2.23. The molecule has 0 spiro atoms. The molecule has 0 aromatic carbocycles. The van der Waals surface area contributed by atoms with Crippen molar-refractivity contribution < 1.29 is 4.74 Å². The molecule has 2 aliphatic rings. The highest BCUT2D eigenvalue weighted by molar-refractivity contribution is 6.30. The molecular formula is C14H18ClN5O. The van der Waals surface area contributed by atoms with Gasteiger partial charge in [-0.05, 0) is 19.8 Å². The Labute approximate surface area is 128 Å². The van der Waals surface area contributed by atoms with E-state index in [2.05, 4.69) is 20.0 Å². The van der Waals surface area contributed by atoms with Crippen LogP contribution in [-0.4, -0.2) is 44.9 Å². The summed E-state index contributed by atoms with van der Waals surface area (Å²) in [6, 6.07) is 0.400. The SMILES string of the molecule is Cc1c(Cl)nc2ncnn2c1N1CCOC2CCCCC21. The molecule has 2 unspecified atom stereocenters. The minimum absolute atomic E-state index is 0.317. The van der Waals surface area contributed by atoms with Gasteiger partial charge in [0.15, 0.2) is 0 Å². The van der Waals surface area contributed by atoms with E-state index in [4.69, 9.17) is 16.3 Å². The van der Waals surface area contributed by atoms with Crippen molar-refractivity contribution >= 4 is 23.2 Å². The molecule has 0 amide bonds. The van der Waals surface area contributed by atoms with Gasteiger partial charge in [-0.1, -0.05) is 24.4 Å². The number of rotatable bonds is 1. The monoisotopic (exact) mass is 307 g/mol. The molecule has 0 bridgehead atoms. The van der Waals surface area contributed by atoms with Gasteiger partial charge in [0, 0.05) is 12.1 Å². The molecule has 1 saturated heterocycles. The second-order valence-electron chi connectivity index (χ2n) is 5.78. The fourth-order valence-corrected chi connectivity index (χ4v) is 3.74. The Kier molecular flexibility index (Phi) is 3.23. The van der Waals surface area contributed by atoms with Crippen molar-refractivity contribution in [1.29, 1.82) is 0 Å². The second kappa shape index (κ2) is 5.10. The van der Waals surface area contributed by atoms with Crippen LogP contribution in [0, 0.1) is 6.92 Å². The van der Waals surface area contributed by atoms with E-state index in [0.29, 0.717) is 23.1 Å². The van der Waals surface area contributed by atoms with E-state index in [0.717, 1.165) is 37.4 Å². The summed E-state index contributed by atoms with van der Waals surface area (Å²) in [5.74, 6) is 1.57. The maximum Gasteiger partial charge on any atom is 0.255 e. The molecule has 2 fully saturated rings. The third kappa shape index (κ3) is 2.08. The zero-order valence-corrected chi connectivity index (χ0v) is 12.8. The molecular weight excluding hydrogens is 290 g/mol. The first kappa shape index (κ1) is 13.3. The quantitative estimate of drug-likeness (QED) is 0.756. The number of ether oxygens (including phenoxy) is 1. The Morgan fingerprint density at radius 2 is 2.19 bits per heavy atom. The lowest BCUT2D eigenvalue weighted by Crippen LogP contribution is -2.53. The number of hydrogen-bond acceptors (Lipinski definition) is 5. The average Bonchev–Trinajstić information content (AvgIpc) is 2.96. The molecule has 6 nitrogen and oxygen atoms in total. The van der Waals surface area contributed by atoms with Crippen LogP contribution in [0.1, 0.15) is 31.2 Å². The largest absolute Gasteiger partial charge is 0.374 e. The smallest absolute Gasteiger partial charge is 0.255 e. The fourth-order valence-electron chi connectivity index (χ4n) is 3.58. The molecule has 2 aromatic heterocycles. The van der Waals surface area contributed by atoms with Crippen LogP contribution >= 0.6 is 11.6 Å². The lowest BCUT2D eigenvalue weighted by molar-refractivity contribution is -0.00918. The minimum Gasteiger partial charge on any atom is -0.374 e. The number of fused-ring (bicyclic) bond motifs is 2. The van der Waals surface area contributed by atoms with Gasteiger partial charge in [0.05, 0.1) is 18.8 Å². The molecule has 1 aliphatic heterocycles. The lowest BCUT2D eigenvalue weighted by Gasteiger charge is -2.45. The highest BCUT2D eigenvalue weighted by Crippen LogP contribution is 2.34. The Hall–Kier alpha value is -1.40. The van der Waals surface area contributed by atoms with Crippen molar-refractivity contribution in [2.75, 3.05) is 18.1 Å². The fraction of sp³-hybridized carbons (Fsp3) is 0.643. The molecule has 1 aliphatic carbocycles. The van der Waals surface area contributed by atoms with Gasteiger partial charge < -0.3 is 9.64 Å². The second-order valence-corrected chi connectivity index (χ2v) is 6.14. The first-order valence-electron chi connectivity index (χ1n) is 7.50. The van der Waals surface area contributed by atoms with Crippen LogP contribution in [0.25, 0.3) is 5.78 Å². The summed E-state index contributed by atoms with van der Waals surface area (Å²) in [6.07, 6.45) is 6.64. The third-order valence-electron chi connectivity index (χ3n) is 4.58. The van der Waals surface area contributed by atoms with Crippen molar-refractivity contribution in [3.63, 3.8) is 0 Å².